The number of piperidine rings is 2. The van der Waals surface area contributed by atoms with Crippen LogP contribution in [0.4, 0.5) is 0 Å². The summed E-state index contributed by atoms with van der Waals surface area (Å²) in [5.74, 6) is 0.141. The van der Waals surface area contributed by atoms with Gasteiger partial charge in [0.2, 0.25) is 5.91 Å². The van der Waals surface area contributed by atoms with Crippen molar-refractivity contribution in [2.45, 2.75) is 44.4 Å². The highest BCUT2D eigenvalue weighted by Crippen LogP contribution is 2.22. The fourth-order valence-corrected chi connectivity index (χ4v) is 3.51. The number of carbonyl (C=O) groups excluding carboxylic acids is 1. The molecule has 0 spiro atoms. The molecule has 22 heavy (non-hydrogen) atoms. The van der Waals surface area contributed by atoms with E-state index >= 15 is 0 Å². The summed E-state index contributed by atoms with van der Waals surface area (Å²) in [6.07, 6.45) is 7.87. The number of likely N-dealkylation sites (tertiary alicyclic amines) is 2. The topological polar surface area (TPSA) is 63.5 Å². The van der Waals surface area contributed by atoms with E-state index < -0.39 is 0 Å². The first kappa shape index (κ1) is 15.4. The quantitative estimate of drug-likeness (QED) is 0.805. The zero-order valence-electron chi connectivity index (χ0n) is 13.2. The number of aromatic nitrogens is 3. The molecule has 3 rings (SSSR count). The molecule has 0 radical (unpaired) electrons. The van der Waals surface area contributed by atoms with E-state index in [1.54, 1.807) is 18.1 Å². The Balaban J connectivity index is 1.43. The fraction of sp³-hybridized carbons (Fsp3) is 0.800. The van der Waals surface area contributed by atoms with Crippen molar-refractivity contribution in [3.8, 4) is 0 Å². The van der Waals surface area contributed by atoms with Crippen molar-refractivity contribution in [3.05, 3.63) is 12.7 Å². The molecule has 0 atom stereocenters. The first-order valence-electron chi connectivity index (χ1n) is 8.13. The minimum atomic E-state index is 0.141. The molecular formula is C15H25N5O2. The molecule has 1 amide bonds. The maximum atomic E-state index is 12.2. The molecule has 0 aromatic carbocycles. The Hall–Kier alpha value is -1.47. The summed E-state index contributed by atoms with van der Waals surface area (Å²) in [6.45, 7) is 4.24. The van der Waals surface area contributed by atoms with Gasteiger partial charge in [-0.2, -0.15) is 5.10 Å². The number of nitrogens with zero attached hydrogens (tertiary/aromatic N) is 5. The lowest BCUT2D eigenvalue weighted by Crippen LogP contribution is -2.50. The molecule has 2 aliphatic heterocycles. The van der Waals surface area contributed by atoms with E-state index in [4.69, 9.17) is 4.74 Å². The minimum absolute atomic E-state index is 0.141. The second kappa shape index (κ2) is 7.19. The molecule has 2 saturated heterocycles. The Morgan fingerprint density at radius 1 is 1.18 bits per heavy atom. The van der Waals surface area contributed by atoms with Crippen LogP contribution in [0.25, 0.3) is 0 Å². The normalized spacial score (nSPS) is 22.1. The molecular weight excluding hydrogens is 282 g/mol. The van der Waals surface area contributed by atoms with Crippen LogP contribution >= 0.6 is 0 Å². The van der Waals surface area contributed by atoms with Gasteiger partial charge in [-0.25, -0.2) is 9.67 Å². The molecule has 122 valence electrons. The van der Waals surface area contributed by atoms with E-state index in [1.165, 1.54) is 6.33 Å². The number of rotatable bonds is 4. The largest absolute Gasteiger partial charge is 0.381 e. The van der Waals surface area contributed by atoms with Crippen LogP contribution < -0.4 is 0 Å². The lowest BCUT2D eigenvalue weighted by Gasteiger charge is -2.41. The van der Waals surface area contributed by atoms with Crippen molar-refractivity contribution < 1.29 is 9.53 Å². The molecule has 0 N–H and O–H groups in total. The second-order valence-corrected chi connectivity index (χ2v) is 6.18. The molecule has 3 heterocycles. The summed E-state index contributed by atoms with van der Waals surface area (Å²) in [5, 5.41) is 3.99. The van der Waals surface area contributed by atoms with Gasteiger partial charge < -0.3 is 14.5 Å². The number of hydrogen-bond donors (Lipinski definition) is 0. The Bertz CT molecular complexity index is 462. The number of ether oxygens (including phenoxy) is 1. The molecule has 0 bridgehead atoms. The molecule has 2 aliphatic rings. The number of amides is 1. The van der Waals surface area contributed by atoms with Crippen LogP contribution in [0.3, 0.4) is 0 Å². The minimum Gasteiger partial charge on any atom is -0.381 e. The van der Waals surface area contributed by atoms with Crippen LogP contribution in [0.15, 0.2) is 12.7 Å². The highest BCUT2D eigenvalue weighted by atomic mass is 16.5. The Morgan fingerprint density at radius 3 is 2.50 bits per heavy atom. The Morgan fingerprint density at radius 2 is 1.91 bits per heavy atom. The number of hydrogen-bond acceptors (Lipinski definition) is 5. The van der Waals surface area contributed by atoms with E-state index in [9.17, 15) is 4.79 Å². The third kappa shape index (κ3) is 3.64. The maximum Gasteiger partial charge on any atom is 0.244 e. The van der Waals surface area contributed by atoms with Gasteiger partial charge in [-0.1, -0.05) is 0 Å². The zero-order valence-corrected chi connectivity index (χ0v) is 13.2. The average Bonchev–Trinajstić information content (AvgIpc) is 3.08. The van der Waals surface area contributed by atoms with E-state index in [1.807, 2.05) is 4.90 Å². The highest BCUT2D eigenvalue weighted by Gasteiger charge is 2.29. The monoisotopic (exact) mass is 307 g/mol. The first-order chi connectivity index (χ1) is 10.8. The summed E-state index contributed by atoms with van der Waals surface area (Å²) in [5.41, 5.74) is 0. The van der Waals surface area contributed by atoms with E-state index in [2.05, 4.69) is 15.0 Å². The van der Waals surface area contributed by atoms with E-state index in [0.717, 1.165) is 51.9 Å². The average molecular weight is 307 g/mol. The smallest absolute Gasteiger partial charge is 0.244 e. The third-order valence-electron chi connectivity index (χ3n) is 4.91. The number of methoxy groups -OCH3 is 1. The summed E-state index contributed by atoms with van der Waals surface area (Å²) < 4.78 is 7.02. The predicted molar refractivity (Wildman–Crippen MR) is 81.2 cm³/mol. The first-order valence-corrected chi connectivity index (χ1v) is 8.13. The van der Waals surface area contributed by atoms with Crippen molar-refractivity contribution >= 4 is 5.91 Å². The van der Waals surface area contributed by atoms with Crippen molar-refractivity contribution in [1.29, 1.82) is 0 Å². The molecule has 0 saturated carbocycles. The van der Waals surface area contributed by atoms with Gasteiger partial charge in [0.25, 0.3) is 0 Å². The third-order valence-corrected chi connectivity index (χ3v) is 4.91. The number of carbonyl (C=O) groups is 1. The molecule has 0 aliphatic carbocycles. The van der Waals surface area contributed by atoms with Crippen LogP contribution in [0.1, 0.15) is 25.7 Å². The molecule has 7 nitrogen and oxygen atoms in total. The molecule has 1 aromatic rings. The van der Waals surface area contributed by atoms with Crippen molar-refractivity contribution in [3.63, 3.8) is 0 Å². The van der Waals surface area contributed by atoms with Crippen LogP contribution in [0.5, 0.6) is 0 Å². The molecule has 0 unspecified atom stereocenters. The summed E-state index contributed by atoms with van der Waals surface area (Å²) in [7, 11) is 1.81. The van der Waals surface area contributed by atoms with E-state index in [-0.39, 0.29) is 5.91 Å². The molecule has 2 fully saturated rings. The SMILES string of the molecule is COC1CCN(C2CCN(C(=O)Cn3cncn3)CC2)CC1. The molecule has 7 heteroatoms. The van der Waals surface area contributed by atoms with Gasteiger partial charge >= 0.3 is 0 Å². The van der Waals surface area contributed by atoms with Crippen molar-refractivity contribution in [2.75, 3.05) is 33.3 Å². The standard InChI is InChI=1S/C15H25N5O2/c1-22-14-4-8-18(9-5-14)13-2-6-19(7-3-13)15(21)10-20-12-16-11-17-20/h11-14H,2-10H2,1H3. The van der Waals surface area contributed by atoms with E-state index in [0.29, 0.717) is 18.7 Å². The van der Waals surface area contributed by atoms with Crippen molar-refractivity contribution in [2.24, 2.45) is 0 Å². The summed E-state index contributed by atoms with van der Waals surface area (Å²) in [6, 6.07) is 0.619. The van der Waals surface area contributed by atoms with Gasteiger partial charge in [0.1, 0.15) is 19.2 Å². The summed E-state index contributed by atoms with van der Waals surface area (Å²) in [4.78, 5) is 20.6. The summed E-state index contributed by atoms with van der Waals surface area (Å²) >= 11 is 0. The van der Waals surface area contributed by atoms with Gasteiger partial charge in [-0.15, -0.1) is 0 Å². The van der Waals surface area contributed by atoms with Gasteiger partial charge in [0, 0.05) is 39.3 Å². The van der Waals surface area contributed by atoms with Crippen LogP contribution in [0, 0.1) is 0 Å². The fourth-order valence-electron chi connectivity index (χ4n) is 3.51. The van der Waals surface area contributed by atoms with Crippen LogP contribution in [-0.2, 0) is 16.1 Å². The highest BCUT2D eigenvalue weighted by molar-refractivity contribution is 5.75. The van der Waals surface area contributed by atoms with Gasteiger partial charge in [-0.3, -0.25) is 4.79 Å². The zero-order chi connectivity index (χ0) is 15.4. The lowest BCUT2D eigenvalue weighted by molar-refractivity contribution is -0.133. The van der Waals surface area contributed by atoms with Gasteiger partial charge in [-0.05, 0) is 25.7 Å². The van der Waals surface area contributed by atoms with Crippen LogP contribution in [0.2, 0.25) is 0 Å². The maximum absolute atomic E-state index is 12.2. The lowest BCUT2D eigenvalue weighted by atomic mass is 9.99. The van der Waals surface area contributed by atoms with Gasteiger partial charge in [0.15, 0.2) is 0 Å². The second-order valence-electron chi connectivity index (χ2n) is 6.18. The Kier molecular flexibility index (Phi) is 5.04. The Labute approximate surface area is 131 Å². The van der Waals surface area contributed by atoms with Crippen LogP contribution in [-0.4, -0.2) is 75.9 Å². The van der Waals surface area contributed by atoms with Crippen molar-refractivity contribution in [1.82, 2.24) is 24.6 Å². The van der Waals surface area contributed by atoms with Gasteiger partial charge in [0.05, 0.1) is 6.10 Å². The predicted octanol–water partition coefficient (Wildman–Crippen LogP) is 0.380. The molecule has 1 aromatic heterocycles.